The van der Waals surface area contributed by atoms with E-state index in [0.717, 1.165) is 0 Å². The van der Waals surface area contributed by atoms with Gasteiger partial charge in [0.15, 0.2) is 0 Å². The minimum atomic E-state index is -0.819. The first kappa shape index (κ1) is 10.4. The number of aliphatic carboxylic acids is 1. The van der Waals surface area contributed by atoms with Gasteiger partial charge >= 0.3 is 5.97 Å². The maximum absolute atomic E-state index is 10.4. The fraction of sp³-hybridized carbons (Fsp3) is 0.857. The van der Waals surface area contributed by atoms with Crippen LogP contribution in [0.5, 0.6) is 0 Å². The highest BCUT2D eigenvalue weighted by molar-refractivity contribution is 5.73. The van der Waals surface area contributed by atoms with Gasteiger partial charge in [-0.25, -0.2) is 0 Å². The van der Waals surface area contributed by atoms with Crippen molar-refractivity contribution in [3.05, 3.63) is 0 Å². The molecule has 0 aliphatic heterocycles. The van der Waals surface area contributed by atoms with Gasteiger partial charge in [0, 0.05) is 12.6 Å². The Morgan fingerprint density at radius 1 is 1.55 bits per heavy atom. The maximum atomic E-state index is 10.4. The number of likely N-dealkylation sites (N-methyl/N-ethyl adjacent to an activating group) is 1. The Kier molecular flexibility index (Phi) is 4.81. The number of carboxylic acid groups (broad SMARTS) is 1. The van der Waals surface area contributed by atoms with E-state index in [4.69, 9.17) is 5.11 Å². The van der Waals surface area contributed by atoms with Crippen molar-refractivity contribution in [1.29, 1.82) is 0 Å². The maximum Gasteiger partial charge on any atom is 0.322 e. The number of hydrogen-bond acceptors (Lipinski definition) is 3. The van der Waals surface area contributed by atoms with E-state index in [2.05, 4.69) is 10.6 Å². The van der Waals surface area contributed by atoms with Crippen molar-refractivity contribution in [2.24, 2.45) is 0 Å². The first-order valence-electron chi connectivity index (χ1n) is 3.71. The second-order valence-corrected chi connectivity index (χ2v) is 2.74. The van der Waals surface area contributed by atoms with Crippen molar-refractivity contribution in [2.45, 2.75) is 25.9 Å². The predicted molar refractivity (Wildman–Crippen MR) is 43.6 cm³/mol. The molecule has 0 aliphatic rings. The van der Waals surface area contributed by atoms with Gasteiger partial charge in [0.05, 0.1) is 0 Å². The van der Waals surface area contributed by atoms with Crippen LogP contribution in [0.2, 0.25) is 0 Å². The molecule has 4 heteroatoms. The molecular formula is C7H16N2O2. The summed E-state index contributed by atoms with van der Waals surface area (Å²) in [7, 11) is 1.64. The van der Waals surface area contributed by atoms with Crippen LogP contribution < -0.4 is 10.6 Å². The Labute approximate surface area is 67.0 Å². The van der Waals surface area contributed by atoms with Crippen LogP contribution in [0.3, 0.4) is 0 Å². The van der Waals surface area contributed by atoms with E-state index in [9.17, 15) is 4.79 Å². The standard InChI is InChI=1S/C7H16N2O2/c1-5(2)9-4-6(8-3)7(10)11/h5-6,8-9H,4H2,1-3H3,(H,10,11). The lowest BCUT2D eigenvalue weighted by Gasteiger charge is -2.13. The molecule has 0 fully saturated rings. The van der Waals surface area contributed by atoms with Gasteiger partial charge in [-0.2, -0.15) is 0 Å². The summed E-state index contributed by atoms with van der Waals surface area (Å²) in [6.45, 7) is 4.42. The fourth-order valence-corrected chi connectivity index (χ4v) is 0.666. The van der Waals surface area contributed by atoms with Crippen LogP contribution in [0.4, 0.5) is 0 Å². The molecule has 0 aromatic heterocycles. The number of hydrogen-bond donors (Lipinski definition) is 3. The van der Waals surface area contributed by atoms with Crippen molar-refractivity contribution in [1.82, 2.24) is 10.6 Å². The van der Waals surface area contributed by atoms with Crippen LogP contribution in [-0.4, -0.2) is 36.8 Å². The van der Waals surface area contributed by atoms with Gasteiger partial charge in [0.25, 0.3) is 0 Å². The average Bonchev–Trinajstić information content (AvgIpc) is 1.87. The van der Waals surface area contributed by atoms with Crippen molar-refractivity contribution in [2.75, 3.05) is 13.6 Å². The molecular weight excluding hydrogens is 144 g/mol. The lowest BCUT2D eigenvalue weighted by Crippen LogP contribution is -2.44. The Morgan fingerprint density at radius 2 is 2.09 bits per heavy atom. The van der Waals surface area contributed by atoms with E-state index in [1.807, 2.05) is 13.8 Å². The number of nitrogens with one attached hydrogen (secondary N) is 2. The van der Waals surface area contributed by atoms with Gasteiger partial charge in [-0.05, 0) is 7.05 Å². The molecule has 0 saturated carbocycles. The summed E-state index contributed by atoms with van der Waals surface area (Å²) < 4.78 is 0. The van der Waals surface area contributed by atoms with Crippen molar-refractivity contribution in [3.63, 3.8) is 0 Å². The third-order valence-corrected chi connectivity index (χ3v) is 1.38. The van der Waals surface area contributed by atoms with Crippen LogP contribution in [0, 0.1) is 0 Å². The summed E-state index contributed by atoms with van der Waals surface area (Å²) in [4.78, 5) is 10.4. The van der Waals surface area contributed by atoms with Crippen LogP contribution in [-0.2, 0) is 4.79 Å². The monoisotopic (exact) mass is 160 g/mol. The molecule has 0 saturated heterocycles. The zero-order chi connectivity index (χ0) is 8.85. The summed E-state index contributed by atoms with van der Waals surface area (Å²) in [5, 5.41) is 14.3. The molecule has 0 amide bonds. The van der Waals surface area contributed by atoms with E-state index >= 15 is 0 Å². The smallest absolute Gasteiger partial charge is 0.322 e. The molecule has 0 spiro atoms. The second-order valence-electron chi connectivity index (χ2n) is 2.74. The Bertz CT molecular complexity index is 126. The average molecular weight is 160 g/mol. The van der Waals surface area contributed by atoms with E-state index in [1.165, 1.54) is 0 Å². The molecule has 3 N–H and O–H groups in total. The Hall–Kier alpha value is -0.610. The van der Waals surface area contributed by atoms with Crippen LogP contribution >= 0.6 is 0 Å². The van der Waals surface area contributed by atoms with Gasteiger partial charge in [0.1, 0.15) is 6.04 Å². The molecule has 1 unspecified atom stereocenters. The lowest BCUT2D eigenvalue weighted by atomic mass is 10.3. The molecule has 0 radical (unpaired) electrons. The molecule has 0 aliphatic carbocycles. The SMILES string of the molecule is CNC(CNC(C)C)C(=O)O. The van der Waals surface area contributed by atoms with Gasteiger partial charge in [-0.1, -0.05) is 13.8 Å². The summed E-state index contributed by atoms with van der Waals surface area (Å²) >= 11 is 0. The van der Waals surface area contributed by atoms with E-state index in [0.29, 0.717) is 12.6 Å². The molecule has 0 rings (SSSR count). The summed E-state index contributed by atoms with van der Waals surface area (Å²) in [6, 6.07) is -0.164. The number of carboxylic acids is 1. The zero-order valence-electron chi connectivity index (χ0n) is 7.22. The Morgan fingerprint density at radius 3 is 2.36 bits per heavy atom. The molecule has 1 atom stereocenters. The highest BCUT2D eigenvalue weighted by atomic mass is 16.4. The number of carbonyl (C=O) groups is 1. The summed E-state index contributed by atoms with van der Waals surface area (Å²) in [5.41, 5.74) is 0. The summed E-state index contributed by atoms with van der Waals surface area (Å²) in [6.07, 6.45) is 0. The fourth-order valence-electron chi connectivity index (χ4n) is 0.666. The van der Waals surface area contributed by atoms with E-state index in [1.54, 1.807) is 7.05 Å². The zero-order valence-corrected chi connectivity index (χ0v) is 7.22. The number of rotatable bonds is 5. The third-order valence-electron chi connectivity index (χ3n) is 1.38. The molecule has 66 valence electrons. The van der Waals surface area contributed by atoms with Gasteiger partial charge in [-0.3, -0.25) is 4.79 Å². The molecule has 4 nitrogen and oxygen atoms in total. The minimum Gasteiger partial charge on any atom is -0.480 e. The molecule has 0 heterocycles. The van der Waals surface area contributed by atoms with Gasteiger partial charge in [0.2, 0.25) is 0 Å². The van der Waals surface area contributed by atoms with Crippen LogP contribution in [0.25, 0.3) is 0 Å². The molecule has 11 heavy (non-hydrogen) atoms. The Balaban J connectivity index is 3.61. The quantitative estimate of drug-likeness (QED) is 0.515. The minimum absolute atomic E-state index is 0.324. The first-order valence-corrected chi connectivity index (χ1v) is 3.71. The molecule has 0 aromatic carbocycles. The third kappa shape index (κ3) is 4.75. The van der Waals surface area contributed by atoms with Crippen LogP contribution in [0.15, 0.2) is 0 Å². The predicted octanol–water partition coefficient (Wildman–Crippen LogP) is -0.343. The van der Waals surface area contributed by atoms with Gasteiger partial charge < -0.3 is 15.7 Å². The lowest BCUT2D eigenvalue weighted by molar-refractivity contribution is -0.139. The van der Waals surface area contributed by atoms with E-state index in [-0.39, 0.29) is 0 Å². The van der Waals surface area contributed by atoms with Crippen LogP contribution in [0.1, 0.15) is 13.8 Å². The van der Waals surface area contributed by atoms with Crippen molar-refractivity contribution < 1.29 is 9.90 Å². The molecule has 0 bridgehead atoms. The molecule has 0 aromatic rings. The highest BCUT2D eigenvalue weighted by Gasteiger charge is 2.13. The van der Waals surface area contributed by atoms with E-state index < -0.39 is 12.0 Å². The topological polar surface area (TPSA) is 61.4 Å². The van der Waals surface area contributed by atoms with Crippen molar-refractivity contribution in [3.8, 4) is 0 Å². The summed E-state index contributed by atoms with van der Waals surface area (Å²) in [5.74, 6) is -0.819. The second kappa shape index (κ2) is 5.09. The van der Waals surface area contributed by atoms with Gasteiger partial charge in [-0.15, -0.1) is 0 Å². The first-order chi connectivity index (χ1) is 5.07. The van der Waals surface area contributed by atoms with Crippen molar-refractivity contribution >= 4 is 5.97 Å². The normalized spacial score (nSPS) is 13.5. The highest BCUT2D eigenvalue weighted by Crippen LogP contribution is 1.82. The largest absolute Gasteiger partial charge is 0.480 e.